The van der Waals surface area contributed by atoms with Gasteiger partial charge in [-0.15, -0.1) is 0 Å². The first-order valence-electron chi connectivity index (χ1n) is 8.41. The van der Waals surface area contributed by atoms with Gasteiger partial charge in [0.1, 0.15) is 11.4 Å². The number of aromatic nitrogens is 4. The van der Waals surface area contributed by atoms with E-state index in [0.717, 1.165) is 17.0 Å². The summed E-state index contributed by atoms with van der Waals surface area (Å²) in [6.07, 6.45) is 3.29. The Balaban J connectivity index is 1.58. The fraction of sp³-hybridized carbons (Fsp3) is 0.158. The molecule has 4 aromatic rings. The lowest BCUT2D eigenvalue weighted by molar-refractivity contribution is 0.425. The van der Waals surface area contributed by atoms with Gasteiger partial charge in [0, 0.05) is 18.3 Å². The molecule has 0 amide bonds. The lowest BCUT2D eigenvalue weighted by atomic mass is 10.1. The fourth-order valence-corrected chi connectivity index (χ4v) is 2.67. The molecule has 0 aliphatic rings. The quantitative estimate of drug-likeness (QED) is 0.553. The van der Waals surface area contributed by atoms with Crippen molar-refractivity contribution in [2.45, 2.75) is 20.4 Å². The molecule has 3 N–H and O–H groups in total. The van der Waals surface area contributed by atoms with Crippen molar-refractivity contribution in [2.24, 2.45) is 0 Å². The van der Waals surface area contributed by atoms with Crippen LogP contribution in [-0.4, -0.2) is 20.1 Å². The molecule has 0 radical (unpaired) electrons. The zero-order valence-electron chi connectivity index (χ0n) is 14.9. The van der Waals surface area contributed by atoms with Crippen molar-refractivity contribution >= 4 is 11.6 Å². The summed E-state index contributed by atoms with van der Waals surface area (Å²) in [6, 6.07) is 9.09. The largest absolute Gasteiger partial charge is 0.463 e. The molecule has 0 fully saturated rings. The molecular formula is C19H18N6O2. The average Bonchev–Trinajstić information content (AvgIpc) is 3.33. The normalized spacial score (nSPS) is 10.9. The van der Waals surface area contributed by atoms with Gasteiger partial charge in [0.05, 0.1) is 23.3 Å². The highest BCUT2D eigenvalue weighted by atomic mass is 16.5. The second kappa shape index (κ2) is 6.91. The number of nitrogens with one attached hydrogen (secondary N) is 1. The number of pyridine rings is 1. The summed E-state index contributed by atoms with van der Waals surface area (Å²) in [7, 11) is 0. The maximum atomic E-state index is 5.85. The minimum Gasteiger partial charge on any atom is -0.463 e. The Morgan fingerprint density at radius 1 is 1.04 bits per heavy atom. The standard InChI is InChI=1S/C19H18N6O2/c1-11-13(18(27-25-11)16-6-5-14(20)12(2)23-16)10-22-19-21-8-7-15(24-19)17-4-3-9-26-17/h3-9H,10,20H2,1-2H3,(H,21,22,24). The molecule has 0 spiro atoms. The Bertz CT molecular complexity index is 1070. The SMILES string of the molecule is Cc1nc(-c2onc(C)c2CNc2nccc(-c3ccco3)n2)ccc1N. The number of nitrogen functional groups attached to an aromatic ring is 1. The third-order valence-corrected chi connectivity index (χ3v) is 4.20. The molecule has 0 bridgehead atoms. The van der Waals surface area contributed by atoms with Gasteiger partial charge in [0.15, 0.2) is 11.5 Å². The Kier molecular flexibility index (Phi) is 4.29. The van der Waals surface area contributed by atoms with E-state index in [2.05, 4.69) is 25.4 Å². The van der Waals surface area contributed by atoms with Crippen molar-refractivity contribution in [3.63, 3.8) is 0 Å². The van der Waals surface area contributed by atoms with Gasteiger partial charge in [-0.1, -0.05) is 5.16 Å². The summed E-state index contributed by atoms with van der Waals surface area (Å²) in [5.41, 5.74) is 10.3. The lowest BCUT2D eigenvalue weighted by Gasteiger charge is -2.07. The second-order valence-corrected chi connectivity index (χ2v) is 6.04. The maximum absolute atomic E-state index is 5.85. The summed E-state index contributed by atoms with van der Waals surface area (Å²) >= 11 is 0. The Labute approximate surface area is 155 Å². The molecular weight excluding hydrogens is 344 g/mol. The monoisotopic (exact) mass is 362 g/mol. The van der Waals surface area contributed by atoms with E-state index in [1.807, 2.05) is 38.1 Å². The summed E-state index contributed by atoms with van der Waals surface area (Å²) in [6.45, 7) is 4.18. The minimum atomic E-state index is 0.442. The summed E-state index contributed by atoms with van der Waals surface area (Å²) in [5.74, 6) is 1.77. The van der Waals surface area contributed by atoms with Crippen LogP contribution >= 0.6 is 0 Å². The molecule has 0 saturated heterocycles. The van der Waals surface area contributed by atoms with Crippen molar-refractivity contribution in [3.05, 3.63) is 59.7 Å². The first-order valence-corrected chi connectivity index (χ1v) is 8.41. The fourth-order valence-electron chi connectivity index (χ4n) is 2.67. The molecule has 0 atom stereocenters. The van der Waals surface area contributed by atoms with Crippen molar-refractivity contribution in [1.29, 1.82) is 0 Å². The zero-order chi connectivity index (χ0) is 18.8. The van der Waals surface area contributed by atoms with Crippen LogP contribution in [0.25, 0.3) is 22.9 Å². The topological polar surface area (TPSA) is 116 Å². The zero-order valence-corrected chi connectivity index (χ0v) is 14.9. The number of furan rings is 1. The van der Waals surface area contributed by atoms with Gasteiger partial charge in [-0.05, 0) is 44.2 Å². The molecule has 0 aromatic carbocycles. The van der Waals surface area contributed by atoms with Crippen LogP contribution in [0.4, 0.5) is 11.6 Å². The van der Waals surface area contributed by atoms with E-state index < -0.39 is 0 Å². The van der Waals surface area contributed by atoms with Crippen molar-refractivity contribution in [2.75, 3.05) is 11.1 Å². The number of anilines is 2. The highest BCUT2D eigenvalue weighted by Crippen LogP contribution is 2.27. The van der Waals surface area contributed by atoms with E-state index in [9.17, 15) is 0 Å². The average molecular weight is 362 g/mol. The van der Waals surface area contributed by atoms with Gasteiger partial charge in [-0.25, -0.2) is 15.0 Å². The van der Waals surface area contributed by atoms with Gasteiger partial charge in [0.25, 0.3) is 0 Å². The predicted molar refractivity (Wildman–Crippen MR) is 101 cm³/mol. The van der Waals surface area contributed by atoms with Gasteiger partial charge < -0.3 is 20.0 Å². The minimum absolute atomic E-state index is 0.442. The molecule has 0 unspecified atom stereocenters. The van der Waals surface area contributed by atoms with E-state index in [1.165, 1.54) is 0 Å². The molecule has 27 heavy (non-hydrogen) atoms. The van der Waals surface area contributed by atoms with Crippen LogP contribution in [0.1, 0.15) is 17.0 Å². The molecule has 4 heterocycles. The van der Waals surface area contributed by atoms with Gasteiger partial charge in [0.2, 0.25) is 5.95 Å². The van der Waals surface area contributed by atoms with E-state index in [1.54, 1.807) is 18.5 Å². The van der Waals surface area contributed by atoms with Crippen LogP contribution in [0.5, 0.6) is 0 Å². The molecule has 8 nitrogen and oxygen atoms in total. The molecule has 136 valence electrons. The van der Waals surface area contributed by atoms with Crippen LogP contribution in [0, 0.1) is 13.8 Å². The van der Waals surface area contributed by atoms with E-state index in [-0.39, 0.29) is 0 Å². The van der Waals surface area contributed by atoms with E-state index >= 15 is 0 Å². The number of nitrogens with two attached hydrogens (primary N) is 1. The number of hydrogen-bond donors (Lipinski definition) is 2. The number of hydrogen-bond acceptors (Lipinski definition) is 8. The molecule has 0 saturated carbocycles. The number of nitrogens with zero attached hydrogens (tertiary/aromatic N) is 4. The molecule has 0 aliphatic carbocycles. The van der Waals surface area contributed by atoms with Crippen LogP contribution < -0.4 is 11.1 Å². The van der Waals surface area contributed by atoms with E-state index in [4.69, 9.17) is 14.7 Å². The first-order chi connectivity index (χ1) is 13.1. The Hall–Kier alpha value is -3.68. The van der Waals surface area contributed by atoms with Crippen LogP contribution in [0.3, 0.4) is 0 Å². The predicted octanol–water partition coefficient (Wildman–Crippen LogP) is 3.60. The van der Waals surface area contributed by atoms with Gasteiger partial charge in [-0.2, -0.15) is 0 Å². The molecule has 4 rings (SSSR count). The van der Waals surface area contributed by atoms with Crippen molar-refractivity contribution in [3.8, 4) is 22.9 Å². The Morgan fingerprint density at radius 3 is 2.70 bits per heavy atom. The molecule has 0 aliphatic heterocycles. The lowest BCUT2D eigenvalue weighted by Crippen LogP contribution is -2.05. The smallest absolute Gasteiger partial charge is 0.223 e. The molecule has 8 heteroatoms. The van der Waals surface area contributed by atoms with Crippen LogP contribution in [-0.2, 0) is 6.54 Å². The van der Waals surface area contributed by atoms with Crippen molar-refractivity contribution < 1.29 is 8.94 Å². The number of rotatable bonds is 5. The van der Waals surface area contributed by atoms with Crippen LogP contribution in [0.15, 0.2) is 51.7 Å². The molecule has 4 aromatic heterocycles. The highest BCUT2D eigenvalue weighted by molar-refractivity contribution is 5.61. The summed E-state index contributed by atoms with van der Waals surface area (Å²) in [4.78, 5) is 13.2. The first kappa shape index (κ1) is 16.8. The summed E-state index contributed by atoms with van der Waals surface area (Å²) in [5, 5.41) is 7.28. The third-order valence-electron chi connectivity index (χ3n) is 4.20. The third kappa shape index (κ3) is 3.37. The van der Waals surface area contributed by atoms with E-state index in [0.29, 0.717) is 41.1 Å². The number of aryl methyl sites for hydroxylation is 2. The Morgan fingerprint density at radius 2 is 1.93 bits per heavy atom. The van der Waals surface area contributed by atoms with Gasteiger partial charge in [-0.3, -0.25) is 0 Å². The van der Waals surface area contributed by atoms with Crippen LogP contribution in [0.2, 0.25) is 0 Å². The second-order valence-electron chi connectivity index (χ2n) is 6.04. The van der Waals surface area contributed by atoms with Gasteiger partial charge >= 0.3 is 0 Å². The highest BCUT2D eigenvalue weighted by Gasteiger charge is 2.17. The van der Waals surface area contributed by atoms with Crippen molar-refractivity contribution in [1.82, 2.24) is 20.1 Å². The summed E-state index contributed by atoms with van der Waals surface area (Å²) < 4.78 is 10.9. The maximum Gasteiger partial charge on any atom is 0.223 e.